The molecule has 1 aliphatic rings. The molecule has 2 unspecified atom stereocenters. The fourth-order valence-electron chi connectivity index (χ4n) is 2.50. The highest BCUT2D eigenvalue weighted by Gasteiger charge is 2.24. The molecule has 1 aromatic rings. The zero-order valence-corrected chi connectivity index (χ0v) is 13.3. The van der Waals surface area contributed by atoms with E-state index in [1.807, 2.05) is 0 Å². The highest BCUT2D eigenvalue weighted by molar-refractivity contribution is 9.10. The molecule has 1 N–H and O–H groups in total. The molecule has 18 heavy (non-hydrogen) atoms. The van der Waals surface area contributed by atoms with Crippen LogP contribution in [0.2, 0.25) is 0 Å². The van der Waals surface area contributed by atoms with Crippen molar-refractivity contribution in [2.24, 2.45) is 11.8 Å². The van der Waals surface area contributed by atoms with Crippen LogP contribution in [0.1, 0.15) is 36.2 Å². The first-order chi connectivity index (χ1) is 8.70. The molecule has 1 amide bonds. The number of alkyl halides is 1. The van der Waals surface area contributed by atoms with Crippen molar-refractivity contribution in [1.29, 1.82) is 0 Å². The summed E-state index contributed by atoms with van der Waals surface area (Å²) in [7, 11) is 0. The van der Waals surface area contributed by atoms with Crippen LogP contribution in [-0.2, 0) is 0 Å². The number of nitrogens with one attached hydrogen (secondary N) is 1. The number of hydrogen-bond donors (Lipinski definition) is 1. The third kappa shape index (κ3) is 3.60. The Labute approximate surface area is 124 Å². The Morgan fingerprint density at radius 3 is 2.67 bits per heavy atom. The van der Waals surface area contributed by atoms with Gasteiger partial charge in [-0.3, -0.25) is 4.79 Å². The Bertz CT molecular complexity index is 405. The van der Waals surface area contributed by atoms with E-state index in [2.05, 4.69) is 37.2 Å². The summed E-state index contributed by atoms with van der Waals surface area (Å²) < 4.78 is 5.82. The second-order valence-electron chi connectivity index (χ2n) is 4.77. The van der Waals surface area contributed by atoms with Crippen molar-refractivity contribution in [3.05, 3.63) is 22.6 Å². The molecule has 0 aliphatic heterocycles. The normalized spacial score (nSPS) is 23.9. The van der Waals surface area contributed by atoms with Crippen LogP contribution in [0.5, 0.6) is 0 Å². The van der Waals surface area contributed by atoms with E-state index in [4.69, 9.17) is 4.42 Å². The molecule has 3 nitrogen and oxygen atoms in total. The van der Waals surface area contributed by atoms with E-state index in [1.54, 1.807) is 12.1 Å². The van der Waals surface area contributed by atoms with Gasteiger partial charge in [0.1, 0.15) is 0 Å². The Morgan fingerprint density at radius 2 is 2.06 bits per heavy atom. The van der Waals surface area contributed by atoms with Gasteiger partial charge in [-0.15, -0.1) is 0 Å². The topological polar surface area (TPSA) is 42.2 Å². The van der Waals surface area contributed by atoms with E-state index in [0.29, 0.717) is 22.3 Å². The lowest BCUT2D eigenvalue weighted by atomic mass is 9.80. The quantitative estimate of drug-likeness (QED) is 0.805. The second kappa shape index (κ2) is 6.75. The summed E-state index contributed by atoms with van der Waals surface area (Å²) in [5.41, 5.74) is 0. The van der Waals surface area contributed by atoms with Gasteiger partial charge in [0.25, 0.3) is 5.91 Å². The number of carbonyl (C=O) groups is 1. The van der Waals surface area contributed by atoms with E-state index in [-0.39, 0.29) is 5.91 Å². The van der Waals surface area contributed by atoms with E-state index in [0.717, 1.165) is 11.9 Å². The van der Waals surface area contributed by atoms with Gasteiger partial charge < -0.3 is 9.73 Å². The molecular weight excluding hydrogens is 362 g/mol. The van der Waals surface area contributed by atoms with Crippen LogP contribution in [0.25, 0.3) is 0 Å². The molecule has 1 fully saturated rings. The first kappa shape index (κ1) is 14.1. The summed E-state index contributed by atoms with van der Waals surface area (Å²) in [5, 5.41) is 4.00. The lowest BCUT2D eigenvalue weighted by Gasteiger charge is -2.30. The maximum absolute atomic E-state index is 11.9. The van der Waals surface area contributed by atoms with Crippen LogP contribution < -0.4 is 5.32 Å². The average molecular weight is 379 g/mol. The van der Waals surface area contributed by atoms with Crippen LogP contribution in [-0.4, -0.2) is 17.8 Å². The molecule has 1 aliphatic carbocycles. The summed E-state index contributed by atoms with van der Waals surface area (Å²) in [4.78, 5) is 11.9. The number of hydrogen-bond acceptors (Lipinski definition) is 2. The minimum absolute atomic E-state index is 0.125. The average Bonchev–Trinajstić information content (AvgIpc) is 2.83. The lowest BCUT2D eigenvalue weighted by molar-refractivity contribution is 0.0908. The fraction of sp³-hybridized carbons (Fsp3) is 0.615. The third-order valence-electron chi connectivity index (χ3n) is 3.59. The number of amides is 1. The summed E-state index contributed by atoms with van der Waals surface area (Å²) in [6, 6.07) is 3.42. The summed E-state index contributed by atoms with van der Waals surface area (Å²) in [5.74, 6) is 1.51. The Kier molecular flexibility index (Phi) is 5.30. The van der Waals surface area contributed by atoms with Gasteiger partial charge in [-0.2, -0.15) is 0 Å². The SMILES string of the molecule is O=C(NCC1CCCCC1CBr)c1ccc(Br)o1. The Hall–Kier alpha value is -0.290. The Balaban J connectivity index is 1.85. The van der Waals surface area contributed by atoms with Gasteiger partial charge in [-0.1, -0.05) is 28.8 Å². The zero-order valence-electron chi connectivity index (χ0n) is 10.1. The van der Waals surface area contributed by atoms with Gasteiger partial charge in [-0.25, -0.2) is 0 Å². The van der Waals surface area contributed by atoms with Crippen LogP contribution in [0, 0.1) is 11.8 Å². The van der Waals surface area contributed by atoms with Crippen molar-refractivity contribution in [3.63, 3.8) is 0 Å². The van der Waals surface area contributed by atoms with Gasteiger partial charge in [0, 0.05) is 11.9 Å². The van der Waals surface area contributed by atoms with Crippen LogP contribution >= 0.6 is 31.9 Å². The van der Waals surface area contributed by atoms with E-state index >= 15 is 0 Å². The van der Waals surface area contributed by atoms with Crippen molar-refractivity contribution in [2.45, 2.75) is 25.7 Å². The van der Waals surface area contributed by atoms with Crippen molar-refractivity contribution < 1.29 is 9.21 Å². The van der Waals surface area contributed by atoms with Crippen LogP contribution in [0.15, 0.2) is 21.2 Å². The molecule has 0 radical (unpaired) electrons. The third-order valence-corrected chi connectivity index (χ3v) is 4.84. The van der Waals surface area contributed by atoms with Crippen LogP contribution in [0.3, 0.4) is 0 Å². The van der Waals surface area contributed by atoms with E-state index < -0.39 is 0 Å². The van der Waals surface area contributed by atoms with Gasteiger partial charge in [0.2, 0.25) is 0 Å². The standard InChI is InChI=1S/C13H17Br2NO2/c14-7-9-3-1-2-4-10(9)8-16-13(17)11-5-6-12(15)18-11/h5-6,9-10H,1-4,7-8H2,(H,16,17). The minimum Gasteiger partial charge on any atom is -0.444 e. The molecule has 0 bridgehead atoms. The van der Waals surface area contributed by atoms with Gasteiger partial charge in [0.15, 0.2) is 10.4 Å². The van der Waals surface area contributed by atoms with Crippen molar-refractivity contribution in [2.75, 3.05) is 11.9 Å². The van der Waals surface area contributed by atoms with Crippen molar-refractivity contribution in [3.8, 4) is 0 Å². The molecule has 1 saturated carbocycles. The molecule has 100 valence electrons. The molecule has 1 aromatic heterocycles. The molecule has 2 rings (SSSR count). The molecular formula is C13H17Br2NO2. The predicted molar refractivity (Wildman–Crippen MR) is 78.0 cm³/mol. The van der Waals surface area contributed by atoms with Crippen molar-refractivity contribution >= 4 is 37.8 Å². The van der Waals surface area contributed by atoms with E-state index in [1.165, 1.54) is 25.7 Å². The maximum atomic E-state index is 11.9. The first-order valence-corrected chi connectivity index (χ1v) is 8.21. The maximum Gasteiger partial charge on any atom is 0.287 e. The molecule has 0 aromatic carbocycles. The molecule has 0 saturated heterocycles. The summed E-state index contributed by atoms with van der Waals surface area (Å²) >= 11 is 6.77. The smallest absolute Gasteiger partial charge is 0.287 e. The lowest BCUT2D eigenvalue weighted by Crippen LogP contribution is -2.34. The molecule has 2 atom stereocenters. The number of furan rings is 1. The van der Waals surface area contributed by atoms with E-state index in [9.17, 15) is 4.79 Å². The summed E-state index contributed by atoms with van der Waals surface area (Å²) in [6.45, 7) is 0.743. The van der Waals surface area contributed by atoms with Gasteiger partial charge >= 0.3 is 0 Å². The number of halogens is 2. The monoisotopic (exact) mass is 377 g/mol. The zero-order chi connectivity index (χ0) is 13.0. The largest absolute Gasteiger partial charge is 0.444 e. The van der Waals surface area contributed by atoms with Crippen molar-refractivity contribution in [1.82, 2.24) is 5.32 Å². The highest BCUT2D eigenvalue weighted by atomic mass is 79.9. The predicted octanol–water partition coefficient (Wildman–Crippen LogP) is 3.97. The van der Waals surface area contributed by atoms with Gasteiger partial charge in [-0.05, 0) is 52.7 Å². The number of rotatable bonds is 4. The first-order valence-electron chi connectivity index (χ1n) is 6.30. The minimum atomic E-state index is -0.125. The highest BCUT2D eigenvalue weighted by Crippen LogP contribution is 2.30. The molecule has 1 heterocycles. The fourth-order valence-corrected chi connectivity index (χ4v) is 3.66. The Morgan fingerprint density at radius 1 is 1.33 bits per heavy atom. The molecule has 5 heteroatoms. The van der Waals surface area contributed by atoms with Gasteiger partial charge in [0.05, 0.1) is 0 Å². The van der Waals surface area contributed by atoms with Crippen LogP contribution in [0.4, 0.5) is 0 Å². The molecule has 0 spiro atoms. The second-order valence-corrected chi connectivity index (χ2v) is 6.20. The summed E-state index contributed by atoms with van der Waals surface area (Å²) in [6.07, 6.45) is 5.05. The number of carbonyl (C=O) groups excluding carboxylic acids is 1.